The number of carbonyl (C=O) groups excluding carboxylic acids is 2. The minimum atomic E-state index is -0.240. The first-order chi connectivity index (χ1) is 14.6. The third-order valence-corrected chi connectivity index (χ3v) is 6.03. The molecule has 0 spiro atoms. The van der Waals surface area contributed by atoms with Crippen molar-refractivity contribution < 1.29 is 14.3 Å². The molecule has 7 nitrogen and oxygen atoms in total. The molecule has 1 N–H and O–H groups in total. The van der Waals surface area contributed by atoms with Crippen molar-refractivity contribution in [2.24, 2.45) is 0 Å². The van der Waals surface area contributed by atoms with E-state index >= 15 is 0 Å². The van der Waals surface area contributed by atoms with Crippen LogP contribution in [0.25, 0.3) is 11.0 Å². The van der Waals surface area contributed by atoms with E-state index in [2.05, 4.69) is 4.98 Å². The van der Waals surface area contributed by atoms with Crippen LogP contribution < -0.4 is 9.64 Å². The van der Waals surface area contributed by atoms with Crippen LogP contribution in [-0.4, -0.2) is 52.9 Å². The first-order valence-electron chi connectivity index (χ1n) is 10.0. The van der Waals surface area contributed by atoms with Crippen LogP contribution in [0.4, 0.5) is 5.69 Å². The van der Waals surface area contributed by atoms with E-state index in [0.717, 1.165) is 29.7 Å². The Bertz CT molecular complexity index is 1090. The van der Waals surface area contributed by atoms with Crippen molar-refractivity contribution in [3.8, 4) is 5.75 Å². The zero-order valence-electron chi connectivity index (χ0n) is 16.3. The summed E-state index contributed by atoms with van der Waals surface area (Å²) in [5.41, 5.74) is 2.55. The van der Waals surface area contributed by atoms with Gasteiger partial charge in [0, 0.05) is 24.0 Å². The second kappa shape index (κ2) is 7.65. The summed E-state index contributed by atoms with van der Waals surface area (Å²) in [7, 11) is 0. The van der Waals surface area contributed by atoms with Crippen molar-refractivity contribution in [2.75, 3.05) is 31.1 Å². The number of hydrogen-bond donors (Lipinski definition) is 1. The molecule has 1 aromatic heterocycles. The molecule has 2 aliphatic rings. The fourth-order valence-electron chi connectivity index (χ4n) is 4.15. The Balaban J connectivity index is 1.25. The third kappa shape index (κ3) is 3.50. The Morgan fingerprint density at radius 2 is 2.00 bits per heavy atom. The maximum atomic E-state index is 12.9. The number of anilines is 1. The molecule has 1 fully saturated rings. The number of aromatic amines is 1. The maximum Gasteiger partial charge on any atom is 0.265 e. The number of para-hydroxylation sites is 2. The fourth-order valence-corrected chi connectivity index (χ4v) is 4.32. The second-order valence-electron chi connectivity index (χ2n) is 7.67. The predicted molar refractivity (Wildman–Crippen MR) is 114 cm³/mol. The predicted octanol–water partition coefficient (Wildman–Crippen LogP) is 3.35. The lowest BCUT2D eigenvalue weighted by Gasteiger charge is -2.34. The molecule has 5 rings (SSSR count). The number of rotatable bonds is 3. The Morgan fingerprint density at radius 1 is 1.20 bits per heavy atom. The summed E-state index contributed by atoms with van der Waals surface area (Å²) < 4.78 is 5.45. The van der Waals surface area contributed by atoms with E-state index in [4.69, 9.17) is 21.3 Å². The molecule has 154 valence electrons. The fraction of sp³-hybridized carbons (Fsp3) is 0.318. The number of nitrogens with one attached hydrogen (secondary N) is 1. The average molecular weight is 425 g/mol. The van der Waals surface area contributed by atoms with Gasteiger partial charge in [0.1, 0.15) is 18.1 Å². The number of nitrogens with zero attached hydrogens (tertiary/aromatic N) is 3. The highest BCUT2D eigenvalue weighted by Crippen LogP contribution is 2.34. The normalized spacial score (nSPS) is 17.2. The zero-order valence-corrected chi connectivity index (χ0v) is 17.1. The Morgan fingerprint density at radius 3 is 2.80 bits per heavy atom. The number of amides is 2. The topological polar surface area (TPSA) is 78.5 Å². The molecule has 2 amide bonds. The summed E-state index contributed by atoms with van der Waals surface area (Å²) >= 11 is 6.08. The van der Waals surface area contributed by atoms with Crippen molar-refractivity contribution in [1.29, 1.82) is 0 Å². The SMILES string of the molecule is O=C(CN1C(=O)COc2ccc(Cl)cc21)N1CCC(c2nc3ccccc3[nH]2)CC1. The number of imidazole rings is 1. The highest BCUT2D eigenvalue weighted by atomic mass is 35.5. The lowest BCUT2D eigenvalue weighted by molar-refractivity contribution is -0.132. The van der Waals surface area contributed by atoms with Crippen molar-refractivity contribution in [2.45, 2.75) is 18.8 Å². The van der Waals surface area contributed by atoms with E-state index in [9.17, 15) is 9.59 Å². The van der Waals surface area contributed by atoms with Crippen LogP contribution in [0.2, 0.25) is 5.02 Å². The van der Waals surface area contributed by atoms with Crippen LogP contribution in [0.15, 0.2) is 42.5 Å². The number of likely N-dealkylation sites (tertiary alicyclic amines) is 1. The van der Waals surface area contributed by atoms with Crippen molar-refractivity contribution in [3.05, 3.63) is 53.3 Å². The molecule has 0 atom stereocenters. The van der Waals surface area contributed by atoms with Gasteiger partial charge in [-0.25, -0.2) is 4.98 Å². The molecule has 0 saturated carbocycles. The van der Waals surface area contributed by atoms with E-state index in [0.29, 0.717) is 35.5 Å². The minimum absolute atomic E-state index is 0.00909. The molecule has 0 aliphatic carbocycles. The summed E-state index contributed by atoms with van der Waals surface area (Å²) in [6.45, 7) is 1.20. The Labute approximate surface area is 178 Å². The number of halogens is 1. The minimum Gasteiger partial charge on any atom is -0.482 e. The number of aromatic nitrogens is 2. The molecular weight excluding hydrogens is 404 g/mol. The number of piperidine rings is 1. The molecule has 30 heavy (non-hydrogen) atoms. The van der Waals surface area contributed by atoms with Gasteiger partial charge >= 0.3 is 0 Å². The molecule has 8 heteroatoms. The van der Waals surface area contributed by atoms with Crippen molar-refractivity contribution >= 4 is 40.1 Å². The smallest absolute Gasteiger partial charge is 0.265 e. The summed E-state index contributed by atoms with van der Waals surface area (Å²) in [6, 6.07) is 13.1. The number of fused-ring (bicyclic) bond motifs is 2. The van der Waals surface area contributed by atoms with Crippen LogP contribution in [0.5, 0.6) is 5.75 Å². The summed E-state index contributed by atoms with van der Waals surface area (Å²) in [5, 5.41) is 0.496. The molecule has 0 bridgehead atoms. The van der Waals surface area contributed by atoms with Gasteiger partial charge in [-0.05, 0) is 43.2 Å². The largest absolute Gasteiger partial charge is 0.482 e. The van der Waals surface area contributed by atoms with Gasteiger partial charge in [0.2, 0.25) is 5.91 Å². The number of ether oxygens (including phenoxy) is 1. The van der Waals surface area contributed by atoms with Crippen LogP contribution >= 0.6 is 11.6 Å². The summed E-state index contributed by atoms with van der Waals surface area (Å²) in [4.78, 5) is 36.7. The van der Waals surface area contributed by atoms with Gasteiger partial charge in [0.05, 0.1) is 16.7 Å². The Kier molecular flexibility index (Phi) is 4.83. The lowest BCUT2D eigenvalue weighted by Crippen LogP contribution is -2.48. The van der Waals surface area contributed by atoms with E-state index in [-0.39, 0.29) is 25.0 Å². The highest BCUT2D eigenvalue weighted by molar-refractivity contribution is 6.31. The zero-order chi connectivity index (χ0) is 20.7. The van der Waals surface area contributed by atoms with Gasteiger partial charge in [0.25, 0.3) is 5.91 Å². The second-order valence-corrected chi connectivity index (χ2v) is 8.11. The summed E-state index contributed by atoms with van der Waals surface area (Å²) in [5.74, 6) is 1.53. The molecule has 1 saturated heterocycles. The van der Waals surface area contributed by atoms with Crippen molar-refractivity contribution in [1.82, 2.24) is 14.9 Å². The van der Waals surface area contributed by atoms with E-state index in [1.165, 1.54) is 4.90 Å². The lowest BCUT2D eigenvalue weighted by atomic mass is 9.96. The molecule has 0 radical (unpaired) electrons. The number of carbonyl (C=O) groups is 2. The Hall–Kier alpha value is -3.06. The molecule has 2 aromatic carbocycles. The first-order valence-corrected chi connectivity index (χ1v) is 10.4. The molecule has 2 aliphatic heterocycles. The van der Waals surface area contributed by atoms with E-state index < -0.39 is 0 Å². The van der Waals surface area contributed by atoms with Crippen LogP contribution in [0.3, 0.4) is 0 Å². The van der Waals surface area contributed by atoms with Crippen LogP contribution in [-0.2, 0) is 9.59 Å². The standard InChI is InChI=1S/C22H21ClN4O3/c23-15-5-6-19-18(11-15)27(21(29)13-30-19)12-20(28)26-9-7-14(8-10-26)22-24-16-3-1-2-4-17(16)25-22/h1-6,11,14H,7-10,12-13H2,(H,24,25). The van der Waals surface area contributed by atoms with Gasteiger partial charge in [-0.2, -0.15) is 0 Å². The van der Waals surface area contributed by atoms with Gasteiger partial charge in [-0.1, -0.05) is 23.7 Å². The van der Waals surface area contributed by atoms with Gasteiger partial charge < -0.3 is 14.6 Å². The van der Waals surface area contributed by atoms with Gasteiger partial charge in [-0.15, -0.1) is 0 Å². The van der Waals surface area contributed by atoms with Crippen LogP contribution in [0, 0.1) is 0 Å². The van der Waals surface area contributed by atoms with E-state index in [1.54, 1.807) is 18.2 Å². The number of H-pyrrole nitrogens is 1. The molecular formula is C22H21ClN4O3. The highest BCUT2D eigenvalue weighted by Gasteiger charge is 2.31. The van der Waals surface area contributed by atoms with E-state index in [1.807, 2.05) is 29.2 Å². The maximum absolute atomic E-state index is 12.9. The molecule has 3 heterocycles. The number of benzene rings is 2. The monoisotopic (exact) mass is 424 g/mol. The van der Waals surface area contributed by atoms with Gasteiger partial charge in [-0.3, -0.25) is 14.5 Å². The quantitative estimate of drug-likeness (QED) is 0.699. The summed E-state index contributed by atoms with van der Waals surface area (Å²) in [6.07, 6.45) is 1.68. The average Bonchev–Trinajstić information content (AvgIpc) is 3.20. The van der Waals surface area contributed by atoms with Gasteiger partial charge in [0.15, 0.2) is 6.61 Å². The van der Waals surface area contributed by atoms with Crippen LogP contribution in [0.1, 0.15) is 24.6 Å². The molecule has 3 aromatic rings. The molecule has 0 unspecified atom stereocenters. The number of hydrogen-bond acceptors (Lipinski definition) is 4. The van der Waals surface area contributed by atoms with Crippen molar-refractivity contribution in [3.63, 3.8) is 0 Å². The first kappa shape index (κ1) is 18.9. The third-order valence-electron chi connectivity index (χ3n) is 5.80.